The Morgan fingerprint density at radius 1 is 0.971 bits per heavy atom. The maximum absolute atomic E-state index is 9.81. The Morgan fingerprint density at radius 3 is 2.38 bits per heavy atom. The number of nitrogens with zero attached hydrogens (tertiary/aromatic N) is 6. The number of furan rings is 1. The van der Waals surface area contributed by atoms with Gasteiger partial charge in [0, 0.05) is 5.75 Å². The Morgan fingerprint density at radius 2 is 1.71 bits per heavy atom. The quantitative estimate of drug-likeness (QED) is 0.292. The van der Waals surface area contributed by atoms with Gasteiger partial charge < -0.3 is 4.42 Å². The molecule has 0 amide bonds. The standard InChI is InChI=1S/C26H22N6OS/c1-18-23(15-27)24(32(30-18)21-11-7-4-8-12-21)17-34-26-29-28-25(22-13-14-33-19(22)2)31(26)16-20-9-5-3-6-10-20/h3-14H,16-17H2,1-2H3. The minimum absolute atomic E-state index is 0.524. The van der Waals surface area contributed by atoms with Gasteiger partial charge in [-0.3, -0.25) is 4.57 Å². The number of aryl methyl sites for hydroxylation is 2. The molecule has 5 rings (SSSR count). The smallest absolute Gasteiger partial charge is 0.192 e. The highest BCUT2D eigenvalue weighted by molar-refractivity contribution is 7.98. The number of aromatic nitrogens is 5. The highest BCUT2D eigenvalue weighted by atomic mass is 32.2. The Balaban J connectivity index is 1.52. The molecule has 5 aromatic rings. The van der Waals surface area contributed by atoms with E-state index >= 15 is 0 Å². The molecule has 34 heavy (non-hydrogen) atoms. The fourth-order valence-electron chi connectivity index (χ4n) is 3.89. The molecule has 0 bridgehead atoms. The molecule has 0 aliphatic rings. The summed E-state index contributed by atoms with van der Waals surface area (Å²) in [5.41, 5.74) is 5.13. The van der Waals surface area contributed by atoms with Gasteiger partial charge in [-0.15, -0.1) is 10.2 Å². The summed E-state index contributed by atoms with van der Waals surface area (Å²) in [4.78, 5) is 0. The Labute approximate surface area is 201 Å². The molecule has 0 N–H and O–H groups in total. The van der Waals surface area contributed by atoms with Crippen molar-refractivity contribution in [3.63, 3.8) is 0 Å². The molecule has 0 saturated carbocycles. The predicted octanol–water partition coefficient (Wildman–Crippen LogP) is 5.55. The zero-order valence-corrected chi connectivity index (χ0v) is 19.7. The van der Waals surface area contributed by atoms with Crippen LogP contribution >= 0.6 is 11.8 Å². The third-order valence-electron chi connectivity index (χ3n) is 5.61. The number of thioether (sulfide) groups is 1. The van der Waals surface area contributed by atoms with Crippen LogP contribution in [0.25, 0.3) is 17.1 Å². The lowest BCUT2D eigenvalue weighted by Gasteiger charge is -2.11. The van der Waals surface area contributed by atoms with Gasteiger partial charge in [-0.1, -0.05) is 60.3 Å². The maximum Gasteiger partial charge on any atom is 0.192 e. The summed E-state index contributed by atoms with van der Waals surface area (Å²) in [6, 6.07) is 24.3. The number of hydrogen-bond donors (Lipinski definition) is 0. The summed E-state index contributed by atoms with van der Waals surface area (Å²) in [7, 11) is 0. The van der Waals surface area contributed by atoms with Crippen molar-refractivity contribution in [1.82, 2.24) is 24.5 Å². The first kappa shape index (κ1) is 21.7. The van der Waals surface area contributed by atoms with Crippen molar-refractivity contribution in [3.8, 4) is 23.1 Å². The molecule has 8 heteroatoms. The molecule has 3 aromatic heterocycles. The van der Waals surface area contributed by atoms with Crippen LogP contribution < -0.4 is 0 Å². The van der Waals surface area contributed by atoms with E-state index < -0.39 is 0 Å². The first-order valence-corrected chi connectivity index (χ1v) is 11.8. The summed E-state index contributed by atoms with van der Waals surface area (Å²) < 4.78 is 9.47. The van der Waals surface area contributed by atoms with E-state index in [4.69, 9.17) is 4.42 Å². The van der Waals surface area contributed by atoms with E-state index in [1.54, 1.807) is 18.0 Å². The van der Waals surface area contributed by atoms with Crippen LogP contribution in [-0.2, 0) is 12.3 Å². The van der Waals surface area contributed by atoms with Crippen LogP contribution in [0, 0.1) is 25.2 Å². The third-order valence-corrected chi connectivity index (χ3v) is 6.58. The van der Waals surface area contributed by atoms with Gasteiger partial charge >= 0.3 is 0 Å². The van der Waals surface area contributed by atoms with Gasteiger partial charge in [0.15, 0.2) is 11.0 Å². The van der Waals surface area contributed by atoms with E-state index in [0.29, 0.717) is 23.6 Å². The topological polar surface area (TPSA) is 85.5 Å². The molecular formula is C26H22N6OS. The molecule has 0 spiro atoms. The first-order valence-electron chi connectivity index (χ1n) is 10.8. The van der Waals surface area contributed by atoms with Gasteiger partial charge in [-0.05, 0) is 37.6 Å². The maximum atomic E-state index is 9.81. The second-order valence-corrected chi connectivity index (χ2v) is 8.77. The molecule has 0 unspecified atom stereocenters. The van der Waals surface area contributed by atoms with Crippen molar-refractivity contribution < 1.29 is 4.42 Å². The van der Waals surface area contributed by atoms with E-state index in [1.807, 2.05) is 73.1 Å². The van der Waals surface area contributed by atoms with Crippen molar-refractivity contribution >= 4 is 11.8 Å². The SMILES string of the molecule is Cc1nn(-c2ccccc2)c(CSc2nnc(-c3ccoc3C)n2Cc2ccccc2)c1C#N. The monoisotopic (exact) mass is 466 g/mol. The van der Waals surface area contributed by atoms with Gasteiger partial charge in [0.05, 0.1) is 41.0 Å². The average Bonchev–Trinajstić information content (AvgIpc) is 3.55. The van der Waals surface area contributed by atoms with Crippen LogP contribution in [0.3, 0.4) is 0 Å². The van der Waals surface area contributed by atoms with Crippen LogP contribution in [0.2, 0.25) is 0 Å². The molecule has 168 valence electrons. The van der Waals surface area contributed by atoms with Crippen LogP contribution in [0.15, 0.2) is 82.6 Å². The van der Waals surface area contributed by atoms with Crippen LogP contribution in [0.1, 0.15) is 28.3 Å². The number of nitriles is 1. The summed E-state index contributed by atoms with van der Waals surface area (Å²) in [5.74, 6) is 2.07. The molecule has 2 aromatic carbocycles. The van der Waals surface area contributed by atoms with Crippen LogP contribution in [0.4, 0.5) is 0 Å². The summed E-state index contributed by atoms with van der Waals surface area (Å²) >= 11 is 1.54. The van der Waals surface area contributed by atoms with Gasteiger partial charge in [0.2, 0.25) is 0 Å². The van der Waals surface area contributed by atoms with Gasteiger partial charge in [-0.2, -0.15) is 10.4 Å². The highest BCUT2D eigenvalue weighted by Gasteiger charge is 2.21. The van der Waals surface area contributed by atoms with Crippen LogP contribution in [-0.4, -0.2) is 24.5 Å². The number of para-hydroxylation sites is 1. The normalized spacial score (nSPS) is 11.0. The lowest BCUT2D eigenvalue weighted by atomic mass is 10.2. The molecule has 0 radical (unpaired) electrons. The molecule has 3 heterocycles. The first-order chi connectivity index (χ1) is 16.7. The zero-order chi connectivity index (χ0) is 23.5. The Kier molecular flexibility index (Phi) is 6.02. The molecular weight excluding hydrogens is 444 g/mol. The zero-order valence-electron chi connectivity index (χ0n) is 18.8. The number of rotatable bonds is 7. The lowest BCUT2D eigenvalue weighted by Crippen LogP contribution is -2.06. The van der Waals surface area contributed by atoms with Crippen molar-refractivity contribution in [1.29, 1.82) is 5.26 Å². The molecule has 0 saturated heterocycles. The van der Waals surface area contributed by atoms with E-state index in [-0.39, 0.29) is 0 Å². The second kappa shape index (κ2) is 9.41. The van der Waals surface area contributed by atoms with Crippen molar-refractivity contribution in [3.05, 3.63) is 101 Å². The highest BCUT2D eigenvalue weighted by Crippen LogP contribution is 2.31. The summed E-state index contributed by atoms with van der Waals surface area (Å²) in [6.07, 6.45) is 1.67. The number of hydrogen-bond acceptors (Lipinski definition) is 6. The Bertz CT molecular complexity index is 1460. The van der Waals surface area contributed by atoms with Crippen molar-refractivity contribution in [2.45, 2.75) is 31.3 Å². The van der Waals surface area contributed by atoms with E-state index in [0.717, 1.165) is 39.2 Å². The third kappa shape index (κ3) is 4.14. The fourth-order valence-corrected chi connectivity index (χ4v) is 4.83. The summed E-state index contributed by atoms with van der Waals surface area (Å²) in [6.45, 7) is 4.41. The predicted molar refractivity (Wildman–Crippen MR) is 131 cm³/mol. The minimum atomic E-state index is 0.524. The Hall–Kier alpha value is -4.09. The molecule has 0 fully saturated rings. The van der Waals surface area contributed by atoms with E-state index in [1.165, 1.54) is 0 Å². The summed E-state index contributed by atoms with van der Waals surface area (Å²) in [5, 5.41) is 24.2. The van der Waals surface area contributed by atoms with E-state index in [9.17, 15) is 5.26 Å². The lowest BCUT2D eigenvalue weighted by molar-refractivity contribution is 0.534. The van der Waals surface area contributed by atoms with Gasteiger partial charge in [0.25, 0.3) is 0 Å². The second-order valence-electron chi connectivity index (χ2n) is 7.82. The average molecular weight is 467 g/mol. The van der Waals surface area contributed by atoms with Crippen LogP contribution in [0.5, 0.6) is 0 Å². The van der Waals surface area contributed by atoms with Gasteiger partial charge in [0.1, 0.15) is 11.8 Å². The van der Waals surface area contributed by atoms with E-state index in [2.05, 4.69) is 38.1 Å². The molecule has 0 aliphatic heterocycles. The fraction of sp³-hybridized carbons (Fsp3) is 0.154. The molecule has 7 nitrogen and oxygen atoms in total. The van der Waals surface area contributed by atoms with Gasteiger partial charge in [-0.25, -0.2) is 4.68 Å². The van der Waals surface area contributed by atoms with Crippen molar-refractivity contribution in [2.24, 2.45) is 0 Å². The molecule has 0 atom stereocenters. The molecule has 0 aliphatic carbocycles. The largest absolute Gasteiger partial charge is 0.469 e. The van der Waals surface area contributed by atoms with Crippen molar-refractivity contribution in [2.75, 3.05) is 0 Å². The number of benzene rings is 2. The minimum Gasteiger partial charge on any atom is -0.469 e.